The Kier molecular flexibility index (Phi) is 6.31. The van der Waals surface area contributed by atoms with Gasteiger partial charge in [0.1, 0.15) is 5.70 Å². The van der Waals surface area contributed by atoms with Gasteiger partial charge in [-0.15, -0.1) is 0 Å². The number of halogens is 1. The van der Waals surface area contributed by atoms with Crippen molar-refractivity contribution in [2.75, 3.05) is 13.2 Å². The van der Waals surface area contributed by atoms with Gasteiger partial charge in [0.05, 0.1) is 17.7 Å². The van der Waals surface area contributed by atoms with E-state index in [1.165, 1.54) is 0 Å². The van der Waals surface area contributed by atoms with Crippen molar-refractivity contribution in [1.82, 2.24) is 10.2 Å². The maximum atomic E-state index is 12.2. The summed E-state index contributed by atoms with van der Waals surface area (Å²) in [6.45, 7) is 8.35. The van der Waals surface area contributed by atoms with Crippen LogP contribution in [0.5, 0.6) is 11.5 Å². The molecule has 1 fully saturated rings. The molecular formula is C18H23ClN2O4. The van der Waals surface area contributed by atoms with Crippen molar-refractivity contribution in [3.63, 3.8) is 0 Å². The minimum Gasteiger partial charge on any atom is -0.490 e. The molecular weight excluding hydrogens is 344 g/mol. The number of hydrogen-bond donors (Lipinski definition) is 1. The first-order valence-electron chi connectivity index (χ1n) is 8.38. The minimum absolute atomic E-state index is 0.00489. The van der Waals surface area contributed by atoms with Gasteiger partial charge >= 0.3 is 6.03 Å². The van der Waals surface area contributed by atoms with Gasteiger partial charge in [-0.2, -0.15) is 0 Å². The van der Waals surface area contributed by atoms with E-state index < -0.39 is 6.03 Å². The number of hydrogen-bond acceptors (Lipinski definition) is 4. The number of urea groups is 1. The molecule has 136 valence electrons. The average Bonchev–Trinajstić information content (AvgIpc) is 2.84. The third-order valence-electron chi connectivity index (χ3n) is 3.82. The molecule has 1 heterocycles. The molecule has 0 aromatic heterocycles. The number of nitrogens with one attached hydrogen (secondary N) is 1. The largest absolute Gasteiger partial charge is 0.490 e. The molecule has 1 aromatic rings. The third-order valence-corrected chi connectivity index (χ3v) is 4.10. The molecule has 3 amide bonds. The molecule has 1 atom stereocenters. The molecule has 1 saturated heterocycles. The van der Waals surface area contributed by atoms with Gasteiger partial charge in [0.2, 0.25) is 0 Å². The summed E-state index contributed by atoms with van der Waals surface area (Å²) < 4.78 is 11.5. The summed E-state index contributed by atoms with van der Waals surface area (Å²) in [6, 6.07) is 3.00. The monoisotopic (exact) mass is 366 g/mol. The van der Waals surface area contributed by atoms with Crippen LogP contribution < -0.4 is 14.8 Å². The zero-order valence-corrected chi connectivity index (χ0v) is 15.6. The molecule has 0 spiro atoms. The van der Waals surface area contributed by atoms with Gasteiger partial charge in [0, 0.05) is 6.54 Å². The normalized spacial score (nSPS) is 17.0. The van der Waals surface area contributed by atoms with Crippen molar-refractivity contribution in [1.29, 1.82) is 0 Å². The van der Waals surface area contributed by atoms with E-state index in [9.17, 15) is 9.59 Å². The van der Waals surface area contributed by atoms with Gasteiger partial charge in [0.25, 0.3) is 5.91 Å². The first-order chi connectivity index (χ1) is 11.9. The summed E-state index contributed by atoms with van der Waals surface area (Å²) in [6.07, 6.45) is 2.41. The number of carbonyl (C=O) groups excluding carboxylic acids is 2. The number of amides is 3. The fourth-order valence-corrected chi connectivity index (χ4v) is 2.62. The van der Waals surface area contributed by atoms with E-state index in [1.54, 1.807) is 25.1 Å². The molecule has 0 unspecified atom stereocenters. The van der Waals surface area contributed by atoms with Crippen LogP contribution in [0.1, 0.15) is 39.7 Å². The Balaban J connectivity index is 2.38. The molecule has 0 bridgehead atoms. The van der Waals surface area contributed by atoms with Crippen molar-refractivity contribution in [2.24, 2.45) is 0 Å². The van der Waals surface area contributed by atoms with Gasteiger partial charge in [-0.05, 0) is 51.0 Å². The highest BCUT2D eigenvalue weighted by molar-refractivity contribution is 6.32. The summed E-state index contributed by atoms with van der Waals surface area (Å²) in [7, 11) is 0. The Labute approximate surface area is 152 Å². The topological polar surface area (TPSA) is 67.9 Å². The Morgan fingerprint density at radius 1 is 1.28 bits per heavy atom. The molecule has 1 N–H and O–H groups in total. The second kappa shape index (κ2) is 8.25. The van der Waals surface area contributed by atoms with Crippen LogP contribution in [0.3, 0.4) is 0 Å². The highest BCUT2D eigenvalue weighted by Crippen LogP contribution is 2.38. The Hall–Kier alpha value is -2.21. The lowest BCUT2D eigenvalue weighted by Crippen LogP contribution is -2.30. The Bertz CT molecular complexity index is 703. The predicted octanol–water partition coefficient (Wildman–Crippen LogP) is 3.83. The fourth-order valence-electron chi connectivity index (χ4n) is 2.36. The van der Waals surface area contributed by atoms with Crippen LogP contribution in [0, 0.1) is 0 Å². The van der Waals surface area contributed by atoms with E-state index in [2.05, 4.69) is 5.32 Å². The smallest absolute Gasteiger partial charge is 0.328 e. The van der Waals surface area contributed by atoms with Crippen LogP contribution in [0.4, 0.5) is 4.79 Å². The van der Waals surface area contributed by atoms with Crippen LogP contribution in [0.25, 0.3) is 6.08 Å². The summed E-state index contributed by atoms with van der Waals surface area (Å²) in [4.78, 5) is 25.1. The number of rotatable bonds is 7. The standard InChI is InChI=1S/C18H23ClN2O4/c1-5-11(4)25-16-13(19)8-12(10-15(16)24-7-3)9-14-17(22)21(6-2)18(23)20-14/h8-11H,5-7H2,1-4H3,(H,20,23)/b14-9+/t11-/m0/s1. The van der Waals surface area contributed by atoms with Crippen molar-refractivity contribution in [2.45, 2.75) is 40.2 Å². The second-order valence-electron chi connectivity index (χ2n) is 5.64. The van der Waals surface area contributed by atoms with Crippen LogP contribution in [-0.2, 0) is 4.79 Å². The minimum atomic E-state index is -0.424. The Morgan fingerprint density at radius 2 is 2.00 bits per heavy atom. The highest BCUT2D eigenvalue weighted by atomic mass is 35.5. The summed E-state index contributed by atoms with van der Waals surface area (Å²) in [5.41, 5.74) is 0.854. The van der Waals surface area contributed by atoms with Gasteiger partial charge in [-0.25, -0.2) is 4.79 Å². The molecule has 0 saturated carbocycles. The maximum absolute atomic E-state index is 12.2. The van der Waals surface area contributed by atoms with E-state index in [1.807, 2.05) is 20.8 Å². The SMILES string of the molecule is CCOc1cc(/C=C2/NC(=O)N(CC)C2=O)cc(Cl)c1O[C@@H](C)CC. The van der Waals surface area contributed by atoms with Crippen LogP contribution in [-0.4, -0.2) is 36.1 Å². The number of ether oxygens (including phenoxy) is 2. The number of carbonyl (C=O) groups is 2. The number of imide groups is 1. The highest BCUT2D eigenvalue weighted by Gasteiger charge is 2.32. The second-order valence-corrected chi connectivity index (χ2v) is 6.04. The molecule has 1 aliphatic rings. The molecule has 1 aliphatic heterocycles. The molecule has 0 aliphatic carbocycles. The van der Waals surface area contributed by atoms with Gasteiger partial charge < -0.3 is 14.8 Å². The lowest BCUT2D eigenvalue weighted by Gasteiger charge is -2.18. The van der Waals surface area contributed by atoms with Gasteiger partial charge in [-0.1, -0.05) is 18.5 Å². The van der Waals surface area contributed by atoms with Crippen molar-refractivity contribution in [3.05, 3.63) is 28.4 Å². The van der Waals surface area contributed by atoms with Gasteiger partial charge in [0.15, 0.2) is 11.5 Å². The van der Waals surface area contributed by atoms with Crippen LogP contribution in [0.15, 0.2) is 17.8 Å². The number of nitrogens with zero attached hydrogens (tertiary/aromatic N) is 1. The van der Waals surface area contributed by atoms with Crippen LogP contribution in [0.2, 0.25) is 5.02 Å². The predicted molar refractivity (Wildman–Crippen MR) is 96.9 cm³/mol. The molecule has 0 radical (unpaired) electrons. The molecule has 1 aromatic carbocycles. The number of benzene rings is 1. The Morgan fingerprint density at radius 3 is 2.56 bits per heavy atom. The fraction of sp³-hybridized carbons (Fsp3) is 0.444. The summed E-state index contributed by atoms with van der Waals surface area (Å²) >= 11 is 6.36. The molecule has 7 heteroatoms. The molecule has 25 heavy (non-hydrogen) atoms. The molecule has 6 nitrogen and oxygen atoms in total. The quantitative estimate of drug-likeness (QED) is 0.588. The van der Waals surface area contributed by atoms with Crippen LogP contribution >= 0.6 is 11.6 Å². The first-order valence-corrected chi connectivity index (χ1v) is 8.76. The zero-order chi connectivity index (χ0) is 18.6. The van der Waals surface area contributed by atoms with E-state index in [0.717, 1.165) is 11.3 Å². The lowest BCUT2D eigenvalue weighted by atomic mass is 10.1. The van der Waals surface area contributed by atoms with E-state index in [-0.39, 0.29) is 17.7 Å². The van der Waals surface area contributed by atoms with Gasteiger partial charge in [-0.3, -0.25) is 9.69 Å². The van der Waals surface area contributed by atoms with Crippen molar-refractivity contribution in [3.8, 4) is 11.5 Å². The third kappa shape index (κ3) is 4.25. The lowest BCUT2D eigenvalue weighted by molar-refractivity contribution is -0.122. The summed E-state index contributed by atoms with van der Waals surface area (Å²) in [5.74, 6) is 0.629. The van der Waals surface area contributed by atoms with E-state index in [0.29, 0.717) is 35.2 Å². The average molecular weight is 367 g/mol. The van der Waals surface area contributed by atoms with Crippen molar-refractivity contribution >= 4 is 29.6 Å². The maximum Gasteiger partial charge on any atom is 0.328 e. The zero-order valence-electron chi connectivity index (χ0n) is 14.9. The van der Waals surface area contributed by atoms with E-state index in [4.69, 9.17) is 21.1 Å². The van der Waals surface area contributed by atoms with E-state index >= 15 is 0 Å². The number of likely N-dealkylation sites (N-methyl/N-ethyl adjacent to an activating group) is 1. The molecule has 2 rings (SSSR count). The first kappa shape index (κ1) is 19.1. The summed E-state index contributed by atoms with van der Waals surface area (Å²) in [5, 5.41) is 2.95. The van der Waals surface area contributed by atoms with Crippen molar-refractivity contribution < 1.29 is 19.1 Å².